The molecule has 0 aliphatic carbocycles. The van der Waals surface area contributed by atoms with Crippen molar-refractivity contribution in [2.24, 2.45) is 0 Å². The van der Waals surface area contributed by atoms with E-state index in [9.17, 15) is 14.1 Å². The van der Waals surface area contributed by atoms with Crippen LogP contribution in [0.4, 0.5) is 4.48 Å². The van der Waals surface area contributed by atoms with E-state index in [1.807, 2.05) is 0 Å². The Morgan fingerprint density at radius 2 is 2.11 bits per heavy atom. The van der Waals surface area contributed by atoms with Crippen molar-refractivity contribution in [1.82, 2.24) is 10.0 Å². The molecule has 6 heteroatoms. The van der Waals surface area contributed by atoms with Crippen LogP contribution >= 0.6 is 0 Å². The molecule has 92 valence electrons. The molecule has 18 heavy (non-hydrogen) atoms. The van der Waals surface area contributed by atoms with Crippen molar-refractivity contribution < 1.29 is 14.0 Å². The van der Waals surface area contributed by atoms with Crippen molar-refractivity contribution in [2.75, 3.05) is 7.11 Å². The van der Waals surface area contributed by atoms with Gasteiger partial charge in [0.1, 0.15) is 0 Å². The molecular formula is C12H9FN2O3. The van der Waals surface area contributed by atoms with Gasteiger partial charge in [0.15, 0.2) is 0 Å². The van der Waals surface area contributed by atoms with Crippen LogP contribution in [0.25, 0.3) is 11.1 Å². The zero-order chi connectivity index (χ0) is 13.1. The third-order valence-electron chi connectivity index (χ3n) is 2.40. The van der Waals surface area contributed by atoms with Gasteiger partial charge in [0.05, 0.1) is 18.9 Å². The normalized spacial score (nSPS) is 10.1. The Morgan fingerprint density at radius 3 is 2.78 bits per heavy atom. The van der Waals surface area contributed by atoms with E-state index >= 15 is 0 Å². The molecule has 0 bridgehead atoms. The number of esters is 1. The first kappa shape index (κ1) is 12.0. The summed E-state index contributed by atoms with van der Waals surface area (Å²) < 4.78 is 17.4. The number of ether oxygens (including phenoxy) is 1. The Morgan fingerprint density at radius 1 is 1.39 bits per heavy atom. The van der Waals surface area contributed by atoms with E-state index in [0.29, 0.717) is 11.1 Å². The maximum absolute atomic E-state index is 12.7. The van der Waals surface area contributed by atoms with Crippen LogP contribution in [-0.2, 0) is 4.74 Å². The maximum Gasteiger partial charge on any atom is 0.338 e. The number of benzene rings is 1. The quantitative estimate of drug-likeness (QED) is 0.754. The Bertz CT molecular complexity index is 652. The number of hydrogen-bond acceptors (Lipinski definition) is 4. The van der Waals surface area contributed by atoms with Crippen molar-refractivity contribution in [3.8, 4) is 11.1 Å². The molecule has 2 aromatic rings. The molecule has 0 N–H and O–H groups in total. The third-order valence-corrected chi connectivity index (χ3v) is 2.40. The summed E-state index contributed by atoms with van der Waals surface area (Å²) in [6.07, 6.45) is 1.17. The van der Waals surface area contributed by atoms with Crippen LogP contribution in [0.2, 0.25) is 0 Å². The molecule has 0 aliphatic rings. The van der Waals surface area contributed by atoms with Gasteiger partial charge in [-0.15, -0.1) is 5.10 Å². The SMILES string of the molecule is COC(=O)c1ccccc1-c1cnn(F)c(=O)c1. The van der Waals surface area contributed by atoms with Crippen LogP contribution in [0, 0.1) is 0 Å². The lowest BCUT2D eigenvalue weighted by molar-refractivity contribution is 0.0601. The van der Waals surface area contributed by atoms with E-state index in [2.05, 4.69) is 9.84 Å². The van der Waals surface area contributed by atoms with Gasteiger partial charge in [-0.3, -0.25) is 4.79 Å². The molecule has 0 unspecified atom stereocenters. The summed E-state index contributed by atoms with van der Waals surface area (Å²) in [5, 5.41) is 3.27. The number of rotatable bonds is 2. The topological polar surface area (TPSA) is 61.2 Å². The zero-order valence-corrected chi connectivity index (χ0v) is 9.46. The third kappa shape index (κ3) is 2.13. The molecule has 0 radical (unpaired) electrons. The smallest absolute Gasteiger partial charge is 0.338 e. The Balaban J connectivity index is 2.60. The summed E-state index contributed by atoms with van der Waals surface area (Å²) in [5.74, 6) is -0.532. The van der Waals surface area contributed by atoms with Crippen molar-refractivity contribution >= 4 is 5.97 Å². The molecule has 5 nitrogen and oxygen atoms in total. The van der Waals surface area contributed by atoms with Gasteiger partial charge < -0.3 is 4.74 Å². The lowest BCUT2D eigenvalue weighted by Crippen LogP contribution is -2.15. The highest BCUT2D eigenvalue weighted by atomic mass is 19.2. The summed E-state index contributed by atoms with van der Waals surface area (Å²) in [5.41, 5.74) is 0.217. The average Bonchev–Trinajstić information content (AvgIpc) is 2.41. The number of aromatic nitrogens is 2. The average molecular weight is 248 g/mol. The van der Waals surface area contributed by atoms with E-state index < -0.39 is 11.5 Å². The number of hydrogen-bond donors (Lipinski definition) is 0. The molecule has 1 aromatic carbocycles. The zero-order valence-electron chi connectivity index (χ0n) is 9.46. The first-order valence-electron chi connectivity index (χ1n) is 5.06. The molecule has 0 fully saturated rings. The van der Waals surface area contributed by atoms with Gasteiger partial charge in [0, 0.05) is 11.6 Å². The van der Waals surface area contributed by atoms with Crippen molar-refractivity contribution in [3.63, 3.8) is 0 Å². The lowest BCUT2D eigenvalue weighted by Gasteiger charge is -2.06. The number of carbonyl (C=O) groups is 1. The van der Waals surface area contributed by atoms with Gasteiger partial charge in [-0.2, -0.15) is 0 Å². The first-order valence-corrected chi connectivity index (χ1v) is 5.06. The Hall–Kier alpha value is -2.50. The lowest BCUT2D eigenvalue weighted by atomic mass is 10.0. The molecule has 0 spiro atoms. The predicted molar refractivity (Wildman–Crippen MR) is 61.8 cm³/mol. The fourth-order valence-electron chi connectivity index (χ4n) is 1.56. The number of nitrogens with zero attached hydrogens (tertiary/aromatic N) is 2. The second kappa shape index (κ2) is 4.79. The van der Waals surface area contributed by atoms with E-state index in [-0.39, 0.29) is 10.5 Å². The first-order chi connectivity index (χ1) is 8.63. The minimum absolute atomic E-state index is 0.274. The van der Waals surface area contributed by atoms with Crippen molar-refractivity contribution in [2.45, 2.75) is 0 Å². The summed E-state index contributed by atoms with van der Waals surface area (Å²) in [7, 11) is 1.26. The fourth-order valence-corrected chi connectivity index (χ4v) is 1.56. The highest BCUT2D eigenvalue weighted by Crippen LogP contribution is 2.22. The van der Waals surface area contributed by atoms with E-state index in [4.69, 9.17) is 0 Å². The standard InChI is InChI=1S/C12H9FN2O3/c1-18-12(17)10-5-3-2-4-9(10)8-6-11(16)15(13)14-7-8/h2-7H,1H3. The molecule has 2 rings (SSSR count). The molecule has 0 saturated carbocycles. The largest absolute Gasteiger partial charge is 0.465 e. The van der Waals surface area contributed by atoms with Gasteiger partial charge >= 0.3 is 5.97 Å². The van der Waals surface area contributed by atoms with Gasteiger partial charge in [-0.25, -0.2) is 4.79 Å². The van der Waals surface area contributed by atoms with Crippen LogP contribution in [0.5, 0.6) is 0 Å². The Labute approximate surface area is 101 Å². The summed E-state index contributed by atoms with van der Waals surface area (Å²) >= 11 is 0. The van der Waals surface area contributed by atoms with Crippen molar-refractivity contribution in [1.29, 1.82) is 0 Å². The van der Waals surface area contributed by atoms with Crippen LogP contribution < -0.4 is 5.56 Å². The second-order valence-electron chi connectivity index (χ2n) is 3.48. The van der Waals surface area contributed by atoms with Crippen LogP contribution in [-0.4, -0.2) is 23.1 Å². The molecule has 1 heterocycles. The summed E-state index contributed by atoms with van der Waals surface area (Å²) in [4.78, 5) is 22.5. The Kier molecular flexibility index (Phi) is 3.18. The monoisotopic (exact) mass is 248 g/mol. The summed E-state index contributed by atoms with van der Waals surface area (Å²) in [6.45, 7) is 0. The number of methoxy groups -OCH3 is 1. The fraction of sp³-hybridized carbons (Fsp3) is 0.0833. The highest BCUT2D eigenvalue weighted by Gasteiger charge is 2.13. The second-order valence-corrected chi connectivity index (χ2v) is 3.48. The van der Waals surface area contributed by atoms with Crippen LogP contribution in [0.15, 0.2) is 41.3 Å². The minimum atomic E-state index is -0.896. The van der Waals surface area contributed by atoms with E-state index in [1.165, 1.54) is 13.3 Å². The maximum atomic E-state index is 12.7. The molecule has 0 atom stereocenters. The van der Waals surface area contributed by atoms with E-state index in [1.54, 1.807) is 24.3 Å². The summed E-state index contributed by atoms with van der Waals surface area (Å²) in [6, 6.07) is 7.62. The van der Waals surface area contributed by atoms with Crippen LogP contribution in [0.3, 0.4) is 0 Å². The molecule has 0 saturated heterocycles. The molecule has 1 aromatic heterocycles. The minimum Gasteiger partial charge on any atom is -0.465 e. The predicted octanol–water partition coefficient (Wildman–Crippen LogP) is 1.43. The van der Waals surface area contributed by atoms with Gasteiger partial charge in [0.2, 0.25) is 0 Å². The molecule has 0 aliphatic heterocycles. The number of carbonyl (C=O) groups excluding carboxylic acids is 1. The van der Waals surface area contributed by atoms with Crippen molar-refractivity contribution in [3.05, 3.63) is 52.4 Å². The van der Waals surface area contributed by atoms with E-state index in [0.717, 1.165) is 6.07 Å². The van der Waals surface area contributed by atoms with Crippen LogP contribution in [0.1, 0.15) is 10.4 Å². The van der Waals surface area contributed by atoms with Gasteiger partial charge in [-0.05, 0) is 11.6 Å². The number of halogens is 1. The van der Waals surface area contributed by atoms with Gasteiger partial charge in [-0.1, -0.05) is 27.6 Å². The molecular weight excluding hydrogens is 239 g/mol. The van der Waals surface area contributed by atoms with Gasteiger partial charge in [0.25, 0.3) is 5.56 Å². The highest BCUT2D eigenvalue weighted by molar-refractivity contribution is 5.97. The molecule has 0 amide bonds.